The summed E-state index contributed by atoms with van der Waals surface area (Å²) in [6, 6.07) is 0. The topological polar surface area (TPSA) is 93.1 Å². The number of cyclic esters (lactones) is 2. The van der Waals surface area contributed by atoms with Crippen LogP contribution in [0.25, 0.3) is 0 Å². The van der Waals surface area contributed by atoms with E-state index in [1.165, 1.54) is 315 Å². The van der Waals surface area contributed by atoms with Crippen molar-refractivity contribution in [2.75, 3.05) is 26.4 Å². The van der Waals surface area contributed by atoms with Crippen molar-refractivity contribution in [3.63, 3.8) is 0 Å². The number of hydrogen-bond acceptors (Lipinski definition) is 6. The zero-order valence-corrected chi connectivity index (χ0v) is 47.8. The summed E-state index contributed by atoms with van der Waals surface area (Å²) in [5.41, 5.74) is -1.13. The number of aliphatic hydroxyl groups excluding tert-OH is 2. The molecule has 1 aliphatic rings. The number of esters is 2. The lowest BCUT2D eigenvalue weighted by atomic mass is 9.92. The molecule has 0 aliphatic carbocycles. The summed E-state index contributed by atoms with van der Waals surface area (Å²) < 4.78 is 10.6. The Labute approximate surface area is 443 Å². The van der Waals surface area contributed by atoms with Gasteiger partial charge in [0.05, 0.1) is 31.0 Å². The van der Waals surface area contributed by atoms with Crippen molar-refractivity contribution in [3.05, 3.63) is 12.2 Å². The number of aliphatic hydroxyl groups is 2. The van der Waals surface area contributed by atoms with Crippen LogP contribution in [0.4, 0.5) is 0 Å². The Morgan fingerprint density at radius 1 is 0.366 bits per heavy atom. The number of carbonyl (C=O) groups excluding carboxylic acids is 2. The second-order valence-electron chi connectivity index (χ2n) is 23.1. The summed E-state index contributed by atoms with van der Waals surface area (Å²) in [5, 5.41) is 19.2. The van der Waals surface area contributed by atoms with E-state index in [0.717, 1.165) is 19.3 Å². The Bertz CT molecular complexity index is 1120. The van der Waals surface area contributed by atoms with Crippen molar-refractivity contribution in [3.8, 4) is 0 Å². The van der Waals surface area contributed by atoms with Gasteiger partial charge in [-0.1, -0.05) is 327 Å². The number of hydrogen-bond donors (Lipinski definition) is 2. The fourth-order valence-corrected chi connectivity index (χ4v) is 10.8. The van der Waals surface area contributed by atoms with E-state index in [0.29, 0.717) is 6.42 Å². The van der Waals surface area contributed by atoms with Crippen LogP contribution in [-0.4, -0.2) is 48.6 Å². The molecule has 0 amide bonds. The molecule has 1 fully saturated rings. The fraction of sp³-hybridized carbons (Fsp3) is 0.938. The van der Waals surface area contributed by atoms with Crippen LogP contribution in [0.5, 0.6) is 0 Å². The molecule has 0 aromatic carbocycles. The highest BCUT2D eigenvalue weighted by atomic mass is 16.6. The lowest BCUT2D eigenvalue weighted by molar-refractivity contribution is -0.155. The van der Waals surface area contributed by atoms with Gasteiger partial charge in [0.2, 0.25) is 0 Å². The molecule has 0 spiro atoms. The molecule has 1 atom stereocenters. The minimum absolute atomic E-state index is 0.00203. The second kappa shape index (κ2) is 54.8. The summed E-state index contributed by atoms with van der Waals surface area (Å²) in [6.07, 6.45) is 78.7. The zero-order valence-electron chi connectivity index (χ0n) is 47.8. The van der Waals surface area contributed by atoms with Gasteiger partial charge in [0.25, 0.3) is 0 Å². The van der Waals surface area contributed by atoms with Crippen molar-refractivity contribution in [2.45, 2.75) is 354 Å². The van der Waals surface area contributed by atoms with Gasteiger partial charge in [0, 0.05) is 0 Å². The van der Waals surface area contributed by atoms with Gasteiger partial charge in [-0.2, -0.15) is 0 Å². The molecule has 1 aliphatic heterocycles. The molecule has 1 rings (SSSR count). The first-order chi connectivity index (χ1) is 35.1. The molecule has 6 heteroatoms. The summed E-state index contributed by atoms with van der Waals surface area (Å²) in [7, 11) is 0. The van der Waals surface area contributed by atoms with Crippen LogP contribution in [0, 0.1) is 11.3 Å². The molecule has 420 valence electrons. The van der Waals surface area contributed by atoms with Gasteiger partial charge >= 0.3 is 11.9 Å². The van der Waals surface area contributed by atoms with Crippen molar-refractivity contribution >= 4 is 11.9 Å². The van der Waals surface area contributed by atoms with Crippen molar-refractivity contribution < 1.29 is 29.3 Å². The molecule has 0 saturated carbocycles. The van der Waals surface area contributed by atoms with Crippen LogP contribution in [0.3, 0.4) is 0 Å². The maximum absolute atomic E-state index is 12.5. The Kier molecular flexibility index (Phi) is 52.2. The zero-order chi connectivity index (χ0) is 51.1. The molecular weight excluding hydrogens is 877 g/mol. The SMILES string of the molecule is CCCCCCCCCCCCCCCCCCCCCCCCCCCCCCCCCCCCCCCCCCCCCC/C=C/CCCCCCCCC1CC(=O)OCC(CO)(CO)COC1=O. The highest BCUT2D eigenvalue weighted by Gasteiger charge is 2.36. The molecule has 1 saturated heterocycles. The summed E-state index contributed by atoms with van der Waals surface area (Å²) in [5.74, 6) is -1.42. The van der Waals surface area contributed by atoms with E-state index < -0.39 is 36.5 Å². The number of allylic oxidation sites excluding steroid dienone is 2. The van der Waals surface area contributed by atoms with Gasteiger partial charge in [0.1, 0.15) is 13.2 Å². The lowest BCUT2D eigenvalue weighted by Crippen LogP contribution is -2.40. The largest absolute Gasteiger partial charge is 0.465 e. The molecule has 1 unspecified atom stereocenters. The smallest absolute Gasteiger partial charge is 0.309 e. The highest BCUT2D eigenvalue weighted by molar-refractivity contribution is 5.80. The predicted molar refractivity (Wildman–Crippen MR) is 306 cm³/mol. The second-order valence-corrected chi connectivity index (χ2v) is 23.1. The van der Waals surface area contributed by atoms with E-state index in [1.54, 1.807) is 0 Å². The van der Waals surface area contributed by atoms with Crippen molar-refractivity contribution in [2.24, 2.45) is 11.3 Å². The first-order valence-electron chi connectivity index (χ1n) is 32.3. The van der Waals surface area contributed by atoms with Gasteiger partial charge < -0.3 is 19.7 Å². The Morgan fingerprint density at radius 2 is 0.606 bits per heavy atom. The Morgan fingerprint density at radius 3 is 0.873 bits per heavy atom. The number of carbonyl (C=O) groups is 2. The van der Waals surface area contributed by atoms with Crippen LogP contribution in [-0.2, 0) is 19.1 Å². The maximum Gasteiger partial charge on any atom is 0.309 e. The molecule has 0 aromatic rings. The van der Waals surface area contributed by atoms with Crippen molar-refractivity contribution in [1.29, 1.82) is 0 Å². The van der Waals surface area contributed by atoms with E-state index >= 15 is 0 Å². The minimum atomic E-state index is -1.13. The first kappa shape index (κ1) is 67.6. The lowest BCUT2D eigenvalue weighted by Gasteiger charge is -2.27. The van der Waals surface area contributed by atoms with Crippen molar-refractivity contribution in [1.82, 2.24) is 0 Å². The average molecular weight is 1000 g/mol. The Hall–Kier alpha value is -1.40. The van der Waals surface area contributed by atoms with E-state index in [4.69, 9.17) is 9.47 Å². The number of ether oxygens (including phenoxy) is 2. The van der Waals surface area contributed by atoms with E-state index in [9.17, 15) is 19.8 Å². The number of rotatable bonds is 56. The van der Waals surface area contributed by atoms with Crippen LogP contribution in [0.2, 0.25) is 0 Å². The van der Waals surface area contributed by atoms with Gasteiger partial charge in [-0.05, 0) is 32.1 Å². The van der Waals surface area contributed by atoms with E-state index in [1.807, 2.05) is 0 Å². The first-order valence-corrected chi connectivity index (χ1v) is 32.3. The van der Waals surface area contributed by atoms with Crippen LogP contribution < -0.4 is 0 Å². The molecule has 0 radical (unpaired) electrons. The third-order valence-corrected chi connectivity index (χ3v) is 16.0. The van der Waals surface area contributed by atoms with Crippen LogP contribution in [0.15, 0.2) is 12.2 Å². The molecule has 1 heterocycles. The van der Waals surface area contributed by atoms with E-state index in [-0.39, 0.29) is 19.6 Å². The van der Waals surface area contributed by atoms with Gasteiger partial charge in [-0.15, -0.1) is 0 Å². The highest BCUT2D eigenvalue weighted by Crippen LogP contribution is 2.25. The molecular formula is C65H124O6. The van der Waals surface area contributed by atoms with Gasteiger partial charge in [0.15, 0.2) is 0 Å². The average Bonchev–Trinajstić information content (AvgIpc) is 3.44. The quantitative estimate of drug-likeness (QED) is 0.0358. The maximum atomic E-state index is 12.5. The normalized spacial score (nSPS) is 15.3. The molecule has 0 bridgehead atoms. The Balaban J connectivity index is 1.68. The minimum Gasteiger partial charge on any atom is -0.465 e. The third-order valence-electron chi connectivity index (χ3n) is 16.0. The monoisotopic (exact) mass is 1000 g/mol. The molecule has 6 nitrogen and oxygen atoms in total. The van der Waals surface area contributed by atoms with E-state index in [2.05, 4.69) is 19.1 Å². The fourth-order valence-electron chi connectivity index (χ4n) is 10.8. The predicted octanol–water partition coefficient (Wildman–Crippen LogP) is 20.3. The summed E-state index contributed by atoms with van der Waals surface area (Å²) in [4.78, 5) is 24.7. The van der Waals surface area contributed by atoms with Gasteiger partial charge in [-0.3, -0.25) is 9.59 Å². The van der Waals surface area contributed by atoms with Crippen LogP contribution in [0.1, 0.15) is 354 Å². The summed E-state index contributed by atoms with van der Waals surface area (Å²) >= 11 is 0. The molecule has 0 aromatic heterocycles. The standard InChI is InChI=1S/C65H124O6/c1-2-3-4-5-6-7-8-9-10-11-12-13-14-15-16-17-18-19-20-21-22-23-24-25-26-27-28-29-30-31-32-33-34-35-36-37-38-39-40-41-42-43-44-45-46-47-48-49-50-51-52-53-54-55-56-62-57-63(68)70-60-65(58-66,59-67)61-71-64(62)69/h47-48,62,66-67H,2-46,49-61H2,1H3/b48-47+. The molecule has 71 heavy (non-hydrogen) atoms. The summed E-state index contributed by atoms with van der Waals surface area (Å²) in [6.45, 7) is 1.20. The van der Waals surface area contributed by atoms with Crippen LogP contribution >= 0.6 is 0 Å². The van der Waals surface area contributed by atoms with Gasteiger partial charge in [-0.25, -0.2) is 0 Å². The number of unbranched alkanes of at least 4 members (excludes halogenated alkanes) is 50. The molecule has 2 N–H and O–H groups in total. The third kappa shape index (κ3) is 46.8.